The summed E-state index contributed by atoms with van der Waals surface area (Å²) in [6.07, 6.45) is 4.13. The van der Waals surface area contributed by atoms with Crippen molar-refractivity contribution in [2.24, 2.45) is 5.92 Å². The zero-order chi connectivity index (χ0) is 9.80. The molecule has 2 heterocycles. The molecule has 2 rings (SSSR count). The maximum Gasteiger partial charge on any atom is 0.180 e. The van der Waals surface area contributed by atoms with E-state index >= 15 is 0 Å². The normalized spacial score (nSPS) is 24.7. The fraction of sp³-hybridized carbons (Fsp3) is 0.667. The van der Waals surface area contributed by atoms with E-state index in [0.717, 1.165) is 23.2 Å². The van der Waals surface area contributed by atoms with Crippen molar-refractivity contribution < 1.29 is 4.21 Å². The van der Waals surface area contributed by atoms with Gasteiger partial charge in [0.25, 0.3) is 0 Å². The Labute approximate surface area is 90.4 Å². The molecule has 14 heavy (non-hydrogen) atoms. The minimum absolute atomic E-state index is 0.563. The van der Waals surface area contributed by atoms with Gasteiger partial charge in [0.2, 0.25) is 0 Å². The van der Waals surface area contributed by atoms with Crippen molar-refractivity contribution in [3.8, 4) is 0 Å². The number of rotatable bonds is 3. The molecule has 1 aliphatic heterocycles. The van der Waals surface area contributed by atoms with Crippen LogP contribution < -0.4 is 5.32 Å². The third kappa shape index (κ3) is 2.62. The van der Waals surface area contributed by atoms with E-state index in [1.807, 2.05) is 5.38 Å². The lowest BCUT2D eigenvalue weighted by Crippen LogP contribution is -2.32. The minimum atomic E-state index is -0.882. The van der Waals surface area contributed by atoms with Crippen molar-refractivity contribution in [2.75, 3.05) is 18.8 Å². The molecule has 0 bridgehead atoms. The van der Waals surface area contributed by atoms with Crippen LogP contribution in [0.15, 0.2) is 15.9 Å². The van der Waals surface area contributed by atoms with E-state index in [0.29, 0.717) is 5.92 Å². The van der Waals surface area contributed by atoms with Gasteiger partial charge in [0.1, 0.15) is 0 Å². The molecule has 1 N–H and O–H groups in total. The molecule has 1 aliphatic rings. The summed E-state index contributed by atoms with van der Waals surface area (Å²) in [5.74, 6) is 1.33. The molecule has 1 saturated heterocycles. The van der Waals surface area contributed by atoms with E-state index in [1.165, 1.54) is 24.2 Å². The van der Waals surface area contributed by atoms with Gasteiger partial charge in [-0.1, -0.05) is 0 Å². The second kappa shape index (κ2) is 5.00. The standard InChI is InChI=1S/C9H14N2OS2/c12-14(9-11-4-5-13-9)7-8-2-1-3-10-6-8/h4-5,8,10H,1-3,6-7H2/t8-,14+/m0/s1. The van der Waals surface area contributed by atoms with Gasteiger partial charge in [-0.2, -0.15) is 0 Å². The van der Waals surface area contributed by atoms with Crippen LogP contribution in [0.3, 0.4) is 0 Å². The van der Waals surface area contributed by atoms with Gasteiger partial charge in [-0.3, -0.25) is 4.21 Å². The van der Waals surface area contributed by atoms with Crippen molar-refractivity contribution in [1.29, 1.82) is 0 Å². The Morgan fingerprint density at radius 2 is 2.64 bits per heavy atom. The van der Waals surface area contributed by atoms with Crippen molar-refractivity contribution in [3.05, 3.63) is 11.6 Å². The van der Waals surface area contributed by atoms with Gasteiger partial charge in [-0.15, -0.1) is 11.3 Å². The number of piperidine rings is 1. The van der Waals surface area contributed by atoms with Gasteiger partial charge < -0.3 is 5.32 Å². The molecular weight excluding hydrogens is 216 g/mol. The van der Waals surface area contributed by atoms with E-state index in [9.17, 15) is 4.21 Å². The molecule has 0 aromatic carbocycles. The largest absolute Gasteiger partial charge is 0.316 e. The Hall–Kier alpha value is -0.260. The second-order valence-corrected chi connectivity index (χ2v) is 6.09. The van der Waals surface area contributed by atoms with Gasteiger partial charge in [0.15, 0.2) is 4.34 Å². The van der Waals surface area contributed by atoms with E-state index in [1.54, 1.807) is 6.20 Å². The Morgan fingerprint density at radius 1 is 1.71 bits per heavy atom. The van der Waals surface area contributed by atoms with Crippen LogP contribution in [-0.2, 0) is 10.8 Å². The number of nitrogens with one attached hydrogen (secondary N) is 1. The van der Waals surface area contributed by atoms with Gasteiger partial charge >= 0.3 is 0 Å². The molecule has 0 saturated carbocycles. The maximum atomic E-state index is 11.8. The summed E-state index contributed by atoms with van der Waals surface area (Å²) < 4.78 is 12.6. The smallest absolute Gasteiger partial charge is 0.180 e. The highest BCUT2D eigenvalue weighted by molar-refractivity contribution is 7.87. The van der Waals surface area contributed by atoms with Crippen LogP contribution >= 0.6 is 11.3 Å². The topological polar surface area (TPSA) is 42.0 Å². The number of aromatic nitrogens is 1. The average molecular weight is 230 g/mol. The third-order valence-corrected chi connectivity index (χ3v) is 5.07. The predicted octanol–water partition coefficient (Wildman–Crippen LogP) is 1.25. The summed E-state index contributed by atoms with van der Waals surface area (Å²) in [4.78, 5) is 4.08. The average Bonchev–Trinajstić information content (AvgIpc) is 2.72. The second-order valence-electron chi connectivity index (χ2n) is 3.52. The van der Waals surface area contributed by atoms with Crippen molar-refractivity contribution in [2.45, 2.75) is 17.2 Å². The quantitative estimate of drug-likeness (QED) is 0.850. The first-order valence-electron chi connectivity index (χ1n) is 4.85. The van der Waals surface area contributed by atoms with Crippen molar-refractivity contribution in [1.82, 2.24) is 10.3 Å². The molecule has 0 aliphatic carbocycles. The number of hydrogen-bond acceptors (Lipinski definition) is 4. The molecule has 2 atom stereocenters. The maximum absolute atomic E-state index is 11.8. The number of hydrogen-bond donors (Lipinski definition) is 1. The molecule has 0 spiro atoms. The first kappa shape index (κ1) is 10.3. The lowest BCUT2D eigenvalue weighted by molar-refractivity contribution is 0.408. The molecule has 78 valence electrons. The van der Waals surface area contributed by atoms with Gasteiger partial charge in [0, 0.05) is 17.3 Å². The molecule has 0 amide bonds. The molecule has 1 aromatic heterocycles. The SMILES string of the molecule is O=[S@](C[C@H]1CCCNC1)c1nccs1. The van der Waals surface area contributed by atoms with Gasteiger partial charge in [0.05, 0.1) is 10.8 Å². The van der Waals surface area contributed by atoms with Crippen LogP contribution in [-0.4, -0.2) is 28.0 Å². The molecule has 1 aromatic rings. The first-order chi connectivity index (χ1) is 6.86. The Morgan fingerprint density at radius 3 is 3.29 bits per heavy atom. The zero-order valence-electron chi connectivity index (χ0n) is 7.94. The summed E-state index contributed by atoms with van der Waals surface area (Å²) in [6, 6.07) is 0. The van der Waals surface area contributed by atoms with Crippen LogP contribution in [0, 0.1) is 5.92 Å². The highest BCUT2D eigenvalue weighted by Gasteiger charge is 2.17. The van der Waals surface area contributed by atoms with Crippen molar-refractivity contribution in [3.63, 3.8) is 0 Å². The van der Waals surface area contributed by atoms with E-state index in [4.69, 9.17) is 0 Å². The Kier molecular flexibility index (Phi) is 3.67. The van der Waals surface area contributed by atoms with Crippen LogP contribution in [0.25, 0.3) is 0 Å². The summed E-state index contributed by atoms with van der Waals surface area (Å²) in [7, 11) is -0.882. The van der Waals surface area contributed by atoms with Gasteiger partial charge in [-0.25, -0.2) is 4.98 Å². The zero-order valence-corrected chi connectivity index (χ0v) is 9.57. The number of thiazole rings is 1. The van der Waals surface area contributed by atoms with E-state index in [-0.39, 0.29) is 0 Å². The van der Waals surface area contributed by atoms with Crippen LogP contribution in [0.5, 0.6) is 0 Å². The Balaban J connectivity index is 1.87. The van der Waals surface area contributed by atoms with Gasteiger partial charge in [-0.05, 0) is 31.8 Å². The third-order valence-electron chi connectivity index (χ3n) is 2.39. The highest BCUT2D eigenvalue weighted by atomic mass is 32.2. The molecule has 0 unspecified atom stereocenters. The summed E-state index contributed by atoms with van der Waals surface area (Å²) in [5, 5.41) is 5.22. The number of nitrogens with zero attached hydrogens (tertiary/aromatic N) is 1. The van der Waals surface area contributed by atoms with E-state index < -0.39 is 10.8 Å². The molecule has 0 radical (unpaired) electrons. The van der Waals surface area contributed by atoms with E-state index in [2.05, 4.69) is 10.3 Å². The van der Waals surface area contributed by atoms with Crippen molar-refractivity contribution >= 4 is 22.1 Å². The summed E-state index contributed by atoms with van der Waals surface area (Å²) in [6.45, 7) is 2.12. The van der Waals surface area contributed by atoms with Crippen LogP contribution in [0.4, 0.5) is 0 Å². The lowest BCUT2D eigenvalue weighted by Gasteiger charge is -2.21. The minimum Gasteiger partial charge on any atom is -0.316 e. The molecule has 1 fully saturated rings. The molecular formula is C9H14N2OS2. The summed E-state index contributed by atoms with van der Waals surface area (Å²) >= 11 is 1.49. The fourth-order valence-corrected chi connectivity index (χ4v) is 3.87. The monoisotopic (exact) mass is 230 g/mol. The van der Waals surface area contributed by atoms with Crippen LogP contribution in [0.1, 0.15) is 12.8 Å². The lowest BCUT2D eigenvalue weighted by atomic mass is 10.0. The molecule has 5 heteroatoms. The molecule has 3 nitrogen and oxygen atoms in total. The Bertz CT molecular complexity index is 294. The predicted molar refractivity (Wildman–Crippen MR) is 59.0 cm³/mol. The van der Waals surface area contributed by atoms with Crippen LogP contribution in [0.2, 0.25) is 0 Å². The highest BCUT2D eigenvalue weighted by Crippen LogP contribution is 2.16. The summed E-state index contributed by atoms with van der Waals surface area (Å²) in [5.41, 5.74) is 0. The fourth-order valence-electron chi connectivity index (χ4n) is 1.67. The first-order valence-corrected chi connectivity index (χ1v) is 7.04.